The molecule has 0 aliphatic carbocycles. The first kappa shape index (κ1) is 26.4. The molecule has 1 heterocycles. The van der Waals surface area contributed by atoms with Crippen LogP contribution in [0.25, 0.3) is 22.3 Å². The van der Waals surface area contributed by atoms with Crippen molar-refractivity contribution in [2.45, 2.75) is 32.5 Å². The Labute approximate surface area is 218 Å². The van der Waals surface area contributed by atoms with Gasteiger partial charge in [0, 0.05) is 42.0 Å². The molecule has 1 N–H and O–H groups in total. The number of nitrogens with one attached hydrogen (secondary N) is 1. The molecule has 4 rings (SSSR count). The van der Waals surface area contributed by atoms with E-state index in [-0.39, 0.29) is 18.9 Å². The van der Waals surface area contributed by atoms with Gasteiger partial charge in [-0.1, -0.05) is 61.0 Å². The van der Waals surface area contributed by atoms with Crippen molar-refractivity contribution >= 4 is 34.2 Å². The number of nitrogens with zero attached hydrogens (tertiary/aromatic N) is 3. The van der Waals surface area contributed by atoms with Crippen LogP contribution in [0, 0.1) is 0 Å². The van der Waals surface area contributed by atoms with Crippen LogP contribution in [0.5, 0.6) is 0 Å². The van der Waals surface area contributed by atoms with Crippen LogP contribution in [0.2, 0.25) is 5.02 Å². The van der Waals surface area contributed by atoms with Crippen molar-refractivity contribution in [3.8, 4) is 11.4 Å². The standard InChI is InChI=1S/C28H26ClF3N4O/c1-2-14-36(15-13-25(37)33-18-19-7-6-10-21(16-19)28(30,31)32)27-23-12-11-22(29)17-24(23)34-26(35-27)20-8-4-3-5-9-20/h3-12,16-17H,2,13-15,18H2,1H3,(H,33,37). The topological polar surface area (TPSA) is 58.1 Å². The largest absolute Gasteiger partial charge is 0.416 e. The molecule has 4 aromatic rings. The summed E-state index contributed by atoms with van der Waals surface area (Å²) in [6.45, 7) is 3.10. The Morgan fingerprint density at radius 3 is 2.49 bits per heavy atom. The van der Waals surface area contributed by atoms with Gasteiger partial charge in [-0.15, -0.1) is 0 Å². The summed E-state index contributed by atoms with van der Waals surface area (Å²) >= 11 is 6.24. The van der Waals surface area contributed by atoms with E-state index < -0.39 is 11.7 Å². The zero-order chi connectivity index (χ0) is 26.4. The smallest absolute Gasteiger partial charge is 0.355 e. The van der Waals surface area contributed by atoms with Crippen molar-refractivity contribution in [3.05, 3.63) is 88.9 Å². The van der Waals surface area contributed by atoms with E-state index >= 15 is 0 Å². The number of hydrogen-bond donors (Lipinski definition) is 1. The van der Waals surface area contributed by atoms with Gasteiger partial charge < -0.3 is 10.2 Å². The third-order valence-corrected chi connectivity index (χ3v) is 6.05. The summed E-state index contributed by atoms with van der Waals surface area (Å²) in [5, 5.41) is 4.11. The van der Waals surface area contributed by atoms with Gasteiger partial charge in [-0.25, -0.2) is 9.97 Å². The van der Waals surface area contributed by atoms with Gasteiger partial charge in [0.1, 0.15) is 5.82 Å². The minimum Gasteiger partial charge on any atom is -0.355 e. The Morgan fingerprint density at radius 2 is 1.76 bits per heavy atom. The minimum atomic E-state index is -4.43. The van der Waals surface area contributed by atoms with E-state index in [9.17, 15) is 18.0 Å². The van der Waals surface area contributed by atoms with E-state index in [1.165, 1.54) is 6.07 Å². The Morgan fingerprint density at radius 1 is 0.973 bits per heavy atom. The summed E-state index contributed by atoms with van der Waals surface area (Å²) in [6.07, 6.45) is -3.45. The van der Waals surface area contributed by atoms with E-state index in [2.05, 4.69) is 5.32 Å². The Kier molecular flexibility index (Phi) is 8.28. The number of fused-ring (bicyclic) bond motifs is 1. The molecular weight excluding hydrogens is 501 g/mol. The summed E-state index contributed by atoms with van der Waals surface area (Å²) in [4.78, 5) is 24.2. The van der Waals surface area contributed by atoms with Gasteiger partial charge in [0.15, 0.2) is 5.82 Å². The zero-order valence-corrected chi connectivity index (χ0v) is 21.0. The summed E-state index contributed by atoms with van der Waals surface area (Å²) in [5.41, 5.74) is 1.21. The number of aromatic nitrogens is 2. The van der Waals surface area contributed by atoms with Gasteiger partial charge in [0.05, 0.1) is 11.1 Å². The third kappa shape index (κ3) is 6.77. The quantitative estimate of drug-likeness (QED) is 0.258. The van der Waals surface area contributed by atoms with E-state index in [1.807, 2.05) is 48.2 Å². The monoisotopic (exact) mass is 526 g/mol. The second-order valence-corrected chi connectivity index (χ2v) is 9.05. The first-order valence-corrected chi connectivity index (χ1v) is 12.3. The summed E-state index contributed by atoms with van der Waals surface area (Å²) < 4.78 is 38.9. The fourth-order valence-electron chi connectivity index (χ4n) is 4.02. The summed E-state index contributed by atoms with van der Waals surface area (Å²) in [6, 6.07) is 20.0. The first-order valence-electron chi connectivity index (χ1n) is 11.9. The highest BCUT2D eigenvalue weighted by Gasteiger charge is 2.30. The molecule has 0 spiro atoms. The van der Waals surface area contributed by atoms with Crippen molar-refractivity contribution in [1.29, 1.82) is 0 Å². The van der Waals surface area contributed by atoms with Crippen molar-refractivity contribution in [3.63, 3.8) is 0 Å². The average Bonchev–Trinajstić information content (AvgIpc) is 2.89. The van der Waals surface area contributed by atoms with Crippen LogP contribution >= 0.6 is 11.6 Å². The normalized spacial score (nSPS) is 11.5. The molecule has 0 saturated heterocycles. The van der Waals surface area contributed by atoms with Gasteiger partial charge in [0.25, 0.3) is 0 Å². The maximum absolute atomic E-state index is 13.0. The summed E-state index contributed by atoms with van der Waals surface area (Å²) in [5.74, 6) is 0.997. The number of carbonyl (C=O) groups excluding carboxylic acids is 1. The van der Waals surface area contributed by atoms with E-state index in [1.54, 1.807) is 18.2 Å². The Hall–Kier alpha value is -3.65. The Bertz CT molecular complexity index is 1380. The highest BCUT2D eigenvalue weighted by Crippen LogP contribution is 2.31. The second-order valence-electron chi connectivity index (χ2n) is 8.61. The molecule has 5 nitrogen and oxygen atoms in total. The van der Waals surface area contributed by atoms with Crippen LogP contribution in [0.3, 0.4) is 0 Å². The number of alkyl halides is 3. The molecule has 192 valence electrons. The van der Waals surface area contributed by atoms with E-state index in [0.717, 1.165) is 29.5 Å². The van der Waals surface area contributed by atoms with Crippen molar-refractivity contribution in [1.82, 2.24) is 15.3 Å². The van der Waals surface area contributed by atoms with Crippen LogP contribution in [0.1, 0.15) is 30.9 Å². The number of carbonyl (C=O) groups is 1. The predicted octanol–water partition coefficient (Wildman–Crippen LogP) is 6.89. The van der Waals surface area contributed by atoms with Crippen LogP contribution in [-0.4, -0.2) is 29.0 Å². The molecule has 0 saturated carbocycles. The lowest BCUT2D eigenvalue weighted by atomic mass is 10.1. The molecule has 3 aromatic carbocycles. The third-order valence-electron chi connectivity index (χ3n) is 5.82. The molecule has 0 unspecified atom stereocenters. The highest BCUT2D eigenvalue weighted by molar-refractivity contribution is 6.31. The van der Waals surface area contributed by atoms with Crippen molar-refractivity contribution in [2.75, 3.05) is 18.0 Å². The van der Waals surface area contributed by atoms with Crippen LogP contribution in [0.4, 0.5) is 19.0 Å². The average molecular weight is 527 g/mol. The number of rotatable bonds is 9. The van der Waals surface area contributed by atoms with Crippen LogP contribution < -0.4 is 10.2 Å². The van der Waals surface area contributed by atoms with E-state index in [0.29, 0.717) is 40.8 Å². The Balaban J connectivity index is 1.53. The first-order chi connectivity index (χ1) is 17.7. The second kappa shape index (κ2) is 11.6. The fourth-order valence-corrected chi connectivity index (χ4v) is 4.19. The lowest BCUT2D eigenvalue weighted by Gasteiger charge is -2.25. The molecule has 0 radical (unpaired) electrons. The van der Waals surface area contributed by atoms with Crippen molar-refractivity contribution in [2.24, 2.45) is 0 Å². The molecule has 0 aliphatic heterocycles. The number of anilines is 1. The van der Waals surface area contributed by atoms with Gasteiger partial charge in [-0.2, -0.15) is 13.2 Å². The fraction of sp³-hybridized carbons (Fsp3) is 0.250. The van der Waals surface area contributed by atoms with Gasteiger partial charge in [0.2, 0.25) is 5.91 Å². The molecule has 37 heavy (non-hydrogen) atoms. The van der Waals surface area contributed by atoms with Gasteiger partial charge in [-0.3, -0.25) is 4.79 Å². The SMILES string of the molecule is CCCN(CCC(=O)NCc1cccc(C(F)(F)F)c1)c1nc(-c2ccccc2)nc2cc(Cl)ccc12. The lowest BCUT2D eigenvalue weighted by molar-refractivity contribution is -0.137. The molecule has 0 aliphatic rings. The molecular formula is C28H26ClF3N4O. The predicted molar refractivity (Wildman–Crippen MR) is 140 cm³/mol. The molecule has 0 atom stereocenters. The maximum atomic E-state index is 13.0. The number of amides is 1. The molecule has 9 heteroatoms. The van der Waals surface area contributed by atoms with Gasteiger partial charge >= 0.3 is 6.18 Å². The maximum Gasteiger partial charge on any atom is 0.416 e. The van der Waals surface area contributed by atoms with Crippen LogP contribution in [0.15, 0.2) is 72.8 Å². The molecule has 1 amide bonds. The van der Waals surface area contributed by atoms with Crippen molar-refractivity contribution < 1.29 is 18.0 Å². The molecule has 0 fully saturated rings. The number of hydrogen-bond acceptors (Lipinski definition) is 4. The zero-order valence-electron chi connectivity index (χ0n) is 20.2. The molecule has 0 bridgehead atoms. The highest BCUT2D eigenvalue weighted by atomic mass is 35.5. The van der Waals surface area contributed by atoms with Crippen LogP contribution in [-0.2, 0) is 17.5 Å². The van der Waals surface area contributed by atoms with Gasteiger partial charge in [-0.05, 0) is 42.3 Å². The lowest BCUT2D eigenvalue weighted by Crippen LogP contribution is -2.32. The summed E-state index contributed by atoms with van der Waals surface area (Å²) in [7, 11) is 0. The molecule has 1 aromatic heterocycles. The number of halogens is 4. The minimum absolute atomic E-state index is 0.0175. The van der Waals surface area contributed by atoms with E-state index in [4.69, 9.17) is 21.6 Å². The number of benzene rings is 3.